The Balaban J connectivity index is 1.40. The summed E-state index contributed by atoms with van der Waals surface area (Å²) >= 11 is 0. The van der Waals surface area contributed by atoms with Gasteiger partial charge in [-0.15, -0.1) is 0 Å². The van der Waals surface area contributed by atoms with Gasteiger partial charge in [0.25, 0.3) is 5.91 Å². The number of carbonyl (C=O) groups is 1. The van der Waals surface area contributed by atoms with E-state index in [4.69, 9.17) is 13.9 Å². The molecule has 0 aliphatic rings. The normalized spacial score (nSPS) is 10.7. The van der Waals surface area contributed by atoms with E-state index in [0.29, 0.717) is 23.6 Å². The zero-order valence-electron chi connectivity index (χ0n) is 18.4. The van der Waals surface area contributed by atoms with Gasteiger partial charge in [0.05, 0.1) is 6.61 Å². The van der Waals surface area contributed by atoms with Gasteiger partial charge in [0.15, 0.2) is 6.61 Å². The zero-order valence-corrected chi connectivity index (χ0v) is 18.4. The van der Waals surface area contributed by atoms with E-state index in [0.717, 1.165) is 35.1 Å². The van der Waals surface area contributed by atoms with Crippen molar-refractivity contribution in [3.63, 3.8) is 0 Å². The van der Waals surface area contributed by atoms with Gasteiger partial charge in [0, 0.05) is 23.2 Å². The Labute approximate surface area is 191 Å². The van der Waals surface area contributed by atoms with Gasteiger partial charge in [-0.2, -0.15) is 0 Å². The number of fused-ring (bicyclic) bond motifs is 1. The van der Waals surface area contributed by atoms with Crippen LogP contribution in [-0.4, -0.2) is 19.1 Å². The predicted octanol–water partition coefficient (Wildman–Crippen LogP) is 5.66. The molecule has 6 heteroatoms. The van der Waals surface area contributed by atoms with Gasteiger partial charge < -0.3 is 19.2 Å². The first-order chi connectivity index (χ1) is 16.1. The molecule has 0 aliphatic carbocycles. The van der Waals surface area contributed by atoms with Crippen LogP contribution in [0.1, 0.15) is 19.8 Å². The quantitative estimate of drug-likeness (QED) is 0.267. The van der Waals surface area contributed by atoms with E-state index < -0.39 is 5.63 Å². The standard InChI is InChI=1S/C27H25NO5/c1-2-3-15-31-21-11-9-20(10-12-21)28-26(29)18-32-22-13-14-23-24(19-7-5-4-6-8-19)17-27(30)33-25(23)16-22/h4-14,16-17H,2-3,15,18H2,1H3,(H,28,29). The van der Waals surface area contributed by atoms with E-state index in [2.05, 4.69) is 12.2 Å². The second kappa shape index (κ2) is 10.5. The van der Waals surface area contributed by atoms with Gasteiger partial charge >= 0.3 is 5.63 Å². The van der Waals surface area contributed by atoms with Crippen LogP contribution < -0.4 is 20.4 Å². The molecule has 33 heavy (non-hydrogen) atoms. The van der Waals surface area contributed by atoms with Crippen LogP contribution in [0, 0.1) is 0 Å². The Morgan fingerprint density at radius 1 is 0.909 bits per heavy atom. The van der Waals surface area contributed by atoms with Crippen molar-refractivity contribution in [2.45, 2.75) is 19.8 Å². The molecule has 6 nitrogen and oxygen atoms in total. The van der Waals surface area contributed by atoms with E-state index in [1.807, 2.05) is 48.5 Å². The molecule has 0 saturated carbocycles. The average Bonchev–Trinajstić information content (AvgIpc) is 2.84. The molecule has 168 valence electrons. The minimum Gasteiger partial charge on any atom is -0.494 e. The molecular weight excluding hydrogens is 418 g/mol. The molecule has 1 heterocycles. The maximum atomic E-state index is 12.3. The first-order valence-electron chi connectivity index (χ1n) is 10.9. The van der Waals surface area contributed by atoms with E-state index in [1.54, 1.807) is 24.3 Å². The van der Waals surface area contributed by atoms with Gasteiger partial charge in [-0.3, -0.25) is 4.79 Å². The van der Waals surface area contributed by atoms with Crippen molar-refractivity contribution >= 4 is 22.6 Å². The largest absolute Gasteiger partial charge is 0.494 e. The topological polar surface area (TPSA) is 77.8 Å². The molecule has 0 fully saturated rings. The van der Waals surface area contributed by atoms with Crippen LogP contribution in [-0.2, 0) is 4.79 Å². The van der Waals surface area contributed by atoms with Crippen molar-refractivity contribution in [1.29, 1.82) is 0 Å². The summed E-state index contributed by atoms with van der Waals surface area (Å²) in [7, 11) is 0. The van der Waals surface area contributed by atoms with Gasteiger partial charge in [0.2, 0.25) is 0 Å². The number of amides is 1. The lowest BCUT2D eigenvalue weighted by molar-refractivity contribution is -0.118. The van der Waals surface area contributed by atoms with E-state index in [-0.39, 0.29) is 12.5 Å². The summed E-state index contributed by atoms with van der Waals surface area (Å²) in [6.07, 6.45) is 2.08. The summed E-state index contributed by atoms with van der Waals surface area (Å²) in [5, 5.41) is 3.58. The van der Waals surface area contributed by atoms with Gasteiger partial charge in [-0.25, -0.2) is 4.79 Å². The third kappa shape index (κ3) is 5.80. The molecule has 0 saturated heterocycles. The van der Waals surface area contributed by atoms with Crippen LogP contribution >= 0.6 is 0 Å². The Hall–Kier alpha value is -4.06. The Kier molecular flexibility index (Phi) is 7.05. The SMILES string of the molecule is CCCCOc1ccc(NC(=O)COc2ccc3c(-c4ccccc4)cc(=O)oc3c2)cc1. The highest BCUT2D eigenvalue weighted by atomic mass is 16.5. The van der Waals surface area contributed by atoms with Crippen molar-refractivity contribution in [2.24, 2.45) is 0 Å². The fourth-order valence-electron chi connectivity index (χ4n) is 3.40. The van der Waals surface area contributed by atoms with Crippen molar-refractivity contribution in [3.8, 4) is 22.6 Å². The third-order valence-corrected chi connectivity index (χ3v) is 5.08. The number of hydrogen-bond donors (Lipinski definition) is 1. The molecule has 4 aromatic rings. The molecule has 1 N–H and O–H groups in total. The highest BCUT2D eigenvalue weighted by Gasteiger charge is 2.10. The molecule has 1 aromatic heterocycles. The predicted molar refractivity (Wildman–Crippen MR) is 129 cm³/mol. The maximum Gasteiger partial charge on any atom is 0.336 e. The van der Waals surface area contributed by atoms with E-state index in [9.17, 15) is 9.59 Å². The van der Waals surface area contributed by atoms with Gasteiger partial charge in [-0.1, -0.05) is 43.7 Å². The number of ether oxygens (including phenoxy) is 2. The molecular formula is C27H25NO5. The summed E-state index contributed by atoms with van der Waals surface area (Å²) in [5.41, 5.74) is 2.32. The number of benzene rings is 3. The Bertz CT molecular complexity index is 1280. The van der Waals surface area contributed by atoms with Crippen LogP contribution in [0.2, 0.25) is 0 Å². The molecule has 4 rings (SSSR count). The smallest absolute Gasteiger partial charge is 0.336 e. The van der Waals surface area contributed by atoms with E-state index >= 15 is 0 Å². The molecule has 0 atom stereocenters. The first-order valence-corrected chi connectivity index (χ1v) is 10.9. The number of nitrogens with one attached hydrogen (secondary N) is 1. The summed E-state index contributed by atoms with van der Waals surface area (Å²) < 4.78 is 16.6. The second-order valence-corrected chi connectivity index (χ2v) is 7.57. The minimum atomic E-state index is -0.446. The van der Waals surface area contributed by atoms with Crippen molar-refractivity contribution in [3.05, 3.63) is 89.3 Å². The maximum absolute atomic E-state index is 12.3. The lowest BCUT2D eigenvalue weighted by Gasteiger charge is -2.10. The first kappa shape index (κ1) is 22.1. The fraction of sp³-hybridized carbons (Fsp3) is 0.185. The summed E-state index contributed by atoms with van der Waals surface area (Å²) in [5.74, 6) is 0.908. The van der Waals surface area contributed by atoms with Crippen molar-refractivity contribution < 1.29 is 18.7 Å². The van der Waals surface area contributed by atoms with Crippen molar-refractivity contribution in [2.75, 3.05) is 18.5 Å². The highest BCUT2D eigenvalue weighted by Crippen LogP contribution is 2.29. The average molecular weight is 443 g/mol. The van der Waals surface area contributed by atoms with Crippen LogP contribution in [0.15, 0.2) is 88.1 Å². The molecule has 0 unspecified atom stereocenters. The Morgan fingerprint density at radius 3 is 2.42 bits per heavy atom. The second-order valence-electron chi connectivity index (χ2n) is 7.57. The van der Waals surface area contributed by atoms with E-state index in [1.165, 1.54) is 6.07 Å². The summed E-state index contributed by atoms with van der Waals surface area (Å²) in [6.45, 7) is 2.61. The lowest BCUT2D eigenvalue weighted by atomic mass is 10.0. The summed E-state index contributed by atoms with van der Waals surface area (Å²) in [6, 6.07) is 23.5. The molecule has 0 aliphatic heterocycles. The van der Waals surface area contributed by atoms with Gasteiger partial charge in [0.1, 0.15) is 17.1 Å². The summed E-state index contributed by atoms with van der Waals surface area (Å²) in [4.78, 5) is 24.4. The number of unbranched alkanes of at least 4 members (excludes halogenated alkanes) is 1. The molecule has 0 radical (unpaired) electrons. The Morgan fingerprint density at radius 2 is 1.67 bits per heavy atom. The number of carbonyl (C=O) groups excluding carboxylic acids is 1. The highest BCUT2D eigenvalue weighted by molar-refractivity contribution is 5.94. The van der Waals surface area contributed by atoms with Gasteiger partial charge in [-0.05, 0) is 53.9 Å². The minimum absolute atomic E-state index is 0.178. The lowest BCUT2D eigenvalue weighted by Crippen LogP contribution is -2.20. The van der Waals surface area contributed by atoms with Crippen molar-refractivity contribution in [1.82, 2.24) is 0 Å². The number of rotatable bonds is 9. The zero-order chi connectivity index (χ0) is 23.0. The van der Waals surface area contributed by atoms with Crippen LogP contribution in [0.3, 0.4) is 0 Å². The van der Waals surface area contributed by atoms with Crippen LogP contribution in [0.4, 0.5) is 5.69 Å². The van der Waals surface area contributed by atoms with Crippen LogP contribution in [0.25, 0.3) is 22.1 Å². The molecule has 0 spiro atoms. The number of hydrogen-bond acceptors (Lipinski definition) is 5. The molecule has 0 bridgehead atoms. The number of anilines is 1. The monoisotopic (exact) mass is 443 g/mol. The third-order valence-electron chi connectivity index (χ3n) is 5.08. The molecule has 3 aromatic carbocycles. The fourth-order valence-corrected chi connectivity index (χ4v) is 3.40. The van der Waals surface area contributed by atoms with Crippen LogP contribution in [0.5, 0.6) is 11.5 Å². The molecule has 1 amide bonds.